The zero-order valence-corrected chi connectivity index (χ0v) is 11.6. The van der Waals surface area contributed by atoms with Crippen LogP contribution in [0.5, 0.6) is 0 Å². The fourth-order valence-corrected chi connectivity index (χ4v) is 3.14. The molecule has 0 aromatic rings. The van der Waals surface area contributed by atoms with Gasteiger partial charge in [0.25, 0.3) is 0 Å². The molecule has 0 aromatic carbocycles. The summed E-state index contributed by atoms with van der Waals surface area (Å²) in [6, 6.07) is 0. The number of unbranched alkanes of at least 4 members (excludes halogenated alkanes) is 3. The lowest BCUT2D eigenvalue weighted by Gasteiger charge is -2.40. The summed E-state index contributed by atoms with van der Waals surface area (Å²) in [6.07, 6.45) is 12.3. The van der Waals surface area contributed by atoms with Gasteiger partial charge in [0.2, 0.25) is 0 Å². The highest BCUT2D eigenvalue weighted by atomic mass is 16.3. The van der Waals surface area contributed by atoms with Crippen LogP contribution in [0.25, 0.3) is 0 Å². The van der Waals surface area contributed by atoms with Crippen molar-refractivity contribution in [3.63, 3.8) is 0 Å². The van der Waals surface area contributed by atoms with Gasteiger partial charge in [0.05, 0.1) is 6.10 Å². The molecule has 1 N–H and O–H groups in total. The van der Waals surface area contributed by atoms with Crippen LogP contribution in [-0.2, 0) is 0 Å². The molecule has 2 nitrogen and oxygen atoms in total. The van der Waals surface area contributed by atoms with Gasteiger partial charge in [-0.3, -0.25) is 0 Å². The van der Waals surface area contributed by atoms with Crippen LogP contribution in [0.2, 0.25) is 0 Å². The SMILES string of the molecule is C=CCCCCCC(O)C1(N(C)C)CCCC1. The van der Waals surface area contributed by atoms with Gasteiger partial charge in [0.1, 0.15) is 0 Å². The first-order chi connectivity index (χ1) is 8.13. The first-order valence-electron chi connectivity index (χ1n) is 7.10. The minimum atomic E-state index is -0.149. The molecule has 0 amide bonds. The molecule has 0 saturated heterocycles. The predicted molar refractivity (Wildman–Crippen MR) is 74.2 cm³/mol. The average molecular weight is 239 g/mol. The number of hydrogen-bond donors (Lipinski definition) is 1. The highest BCUT2D eigenvalue weighted by molar-refractivity contribution is 4.98. The highest BCUT2D eigenvalue weighted by Gasteiger charge is 2.41. The van der Waals surface area contributed by atoms with Crippen molar-refractivity contribution in [3.8, 4) is 0 Å². The average Bonchev–Trinajstić information content (AvgIpc) is 2.79. The molecule has 1 aliphatic carbocycles. The van der Waals surface area contributed by atoms with Gasteiger partial charge in [0.15, 0.2) is 0 Å². The normalized spacial score (nSPS) is 20.7. The number of rotatable bonds is 8. The van der Waals surface area contributed by atoms with Crippen LogP contribution in [0.1, 0.15) is 57.8 Å². The highest BCUT2D eigenvalue weighted by Crippen LogP contribution is 2.38. The van der Waals surface area contributed by atoms with Crippen LogP contribution >= 0.6 is 0 Å². The first kappa shape index (κ1) is 14.7. The van der Waals surface area contributed by atoms with E-state index in [0.29, 0.717) is 0 Å². The monoisotopic (exact) mass is 239 g/mol. The van der Waals surface area contributed by atoms with Gasteiger partial charge < -0.3 is 10.0 Å². The lowest BCUT2D eigenvalue weighted by molar-refractivity contribution is -0.00911. The van der Waals surface area contributed by atoms with Crippen molar-refractivity contribution in [2.45, 2.75) is 69.4 Å². The molecular formula is C15H29NO. The van der Waals surface area contributed by atoms with Gasteiger partial charge in [-0.15, -0.1) is 6.58 Å². The van der Waals surface area contributed by atoms with Crippen molar-refractivity contribution in [3.05, 3.63) is 12.7 Å². The Labute approximate surface area is 107 Å². The summed E-state index contributed by atoms with van der Waals surface area (Å²) in [5.74, 6) is 0. The second-order valence-electron chi connectivity index (χ2n) is 5.65. The Morgan fingerprint density at radius 3 is 2.41 bits per heavy atom. The van der Waals surface area contributed by atoms with E-state index in [0.717, 1.165) is 32.1 Å². The van der Waals surface area contributed by atoms with E-state index in [4.69, 9.17) is 0 Å². The van der Waals surface area contributed by atoms with E-state index in [1.54, 1.807) is 0 Å². The second kappa shape index (κ2) is 7.17. The van der Waals surface area contributed by atoms with Gasteiger partial charge >= 0.3 is 0 Å². The Morgan fingerprint density at radius 2 is 1.88 bits per heavy atom. The molecule has 1 rings (SSSR count). The van der Waals surface area contributed by atoms with E-state index in [2.05, 4.69) is 25.6 Å². The maximum absolute atomic E-state index is 10.5. The van der Waals surface area contributed by atoms with Gasteiger partial charge in [-0.1, -0.05) is 31.8 Å². The molecule has 2 heteroatoms. The number of likely N-dealkylation sites (N-methyl/N-ethyl adjacent to an activating group) is 1. The van der Waals surface area contributed by atoms with Gasteiger partial charge in [-0.2, -0.15) is 0 Å². The Hall–Kier alpha value is -0.340. The van der Waals surface area contributed by atoms with Gasteiger partial charge in [-0.05, 0) is 46.2 Å². The van der Waals surface area contributed by atoms with Crippen molar-refractivity contribution in [2.24, 2.45) is 0 Å². The van der Waals surface area contributed by atoms with Crippen LogP contribution in [0, 0.1) is 0 Å². The zero-order chi connectivity index (χ0) is 12.7. The molecule has 1 fully saturated rings. The van der Waals surface area contributed by atoms with Gasteiger partial charge in [0, 0.05) is 5.54 Å². The summed E-state index contributed by atoms with van der Waals surface area (Å²) >= 11 is 0. The zero-order valence-electron chi connectivity index (χ0n) is 11.6. The van der Waals surface area contributed by atoms with E-state index >= 15 is 0 Å². The van der Waals surface area contributed by atoms with E-state index in [9.17, 15) is 5.11 Å². The minimum absolute atomic E-state index is 0.0679. The Kier molecular flexibility index (Phi) is 6.21. The lowest BCUT2D eigenvalue weighted by Crippen LogP contribution is -2.51. The van der Waals surface area contributed by atoms with E-state index < -0.39 is 0 Å². The van der Waals surface area contributed by atoms with Crippen molar-refractivity contribution in [2.75, 3.05) is 14.1 Å². The number of aliphatic hydroxyl groups is 1. The van der Waals surface area contributed by atoms with Crippen LogP contribution in [0.4, 0.5) is 0 Å². The summed E-state index contributed by atoms with van der Waals surface area (Å²) in [5.41, 5.74) is 0.0679. The predicted octanol–water partition coefficient (Wildman–Crippen LogP) is 3.36. The molecular weight excluding hydrogens is 210 g/mol. The third-order valence-electron chi connectivity index (χ3n) is 4.37. The van der Waals surface area contributed by atoms with Crippen LogP contribution in [0.3, 0.4) is 0 Å². The lowest BCUT2D eigenvalue weighted by atomic mass is 9.86. The molecule has 0 bridgehead atoms. The van der Waals surface area contributed by atoms with E-state index in [1.165, 1.54) is 25.7 Å². The summed E-state index contributed by atoms with van der Waals surface area (Å²) in [6.45, 7) is 3.73. The molecule has 0 radical (unpaired) electrons. The fraction of sp³-hybridized carbons (Fsp3) is 0.867. The van der Waals surface area contributed by atoms with E-state index in [-0.39, 0.29) is 11.6 Å². The molecule has 0 spiro atoms. The van der Waals surface area contributed by atoms with Crippen LogP contribution in [0.15, 0.2) is 12.7 Å². The van der Waals surface area contributed by atoms with Crippen molar-refractivity contribution in [1.29, 1.82) is 0 Å². The van der Waals surface area contributed by atoms with Crippen molar-refractivity contribution >= 4 is 0 Å². The first-order valence-corrected chi connectivity index (χ1v) is 7.10. The topological polar surface area (TPSA) is 23.5 Å². The van der Waals surface area contributed by atoms with Crippen LogP contribution in [-0.4, -0.2) is 35.7 Å². The van der Waals surface area contributed by atoms with E-state index in [1.807, 2.05) is 6.08 Å². The molecule has 1 atom stereocenters. The number of nitrogens with zero attached hydrogens (tertiary/aromatic N) is 1. The standard InChI is InChI=1S/C15H29NO/c1-4-5-6-7-8-11-14(17)15(16(2)3)12-9-10-13-15/h4,14,17H,1,5-13H2,2-3H3. The quantitative estimate of drug-likeness (QED) is 0.518. The maximum atomic E-state index is 10.5. The molecule has 0 heterocycles. The van der Waals surface area contributed by atoms with Crippen molar-refractivity contribution < 1.29 is 5.11 Å². The number of allylic oxidation sites excluding steroid dienone is 1. The number of hydrogen-bond acceptors (Lipinski definition) is 2. The summed E-state index contributed by atoms with van der Waals surface area (Å²) in [7, 11) is 4.23. The number of aliphatic hydroxyl groups excluding tert-OH is 1. The van der Waals surface area contributed by atoms with Gasteiger partial charge in [-0.25, -0.2) is 0 Å². The molecule has 17 heavy (non-hydrogen) atoms. The maximum Gasteiger partial charge on any atom is 0.0723 e. The second-order valence-corrected chi connectivity index (χ2v) is 5.65. The largest absolute Gasteiger partial charge is 0.391 e. The molecule has 100 valence electrons. The summed E-state index contributed by atoms with van der Waals surface area (Å²) in [5, 5.41) is 10.5. The van der Waals surface area contributed by atoms with Crippen LogP contribution < -0.4 is 0 Å². The minimum Gasteiger partial charge on any atom is -0.391 e. The Bertz CT molecular complexity index is 219. The summed E-state index contributed by atoms with van der Waals surface area (Å²) < 4.78 is 0. The molecule has 0 aliphatic heterocycles. The molecule has 0 aromatic heterocycles. The van der Waals surface area contributed by atoms with Crippen molar-refractivity contribution in [1.82, 2.24) is 4.90 Å². The molecule has 1 saturated carbocycles. The Morgan fingerprint density at radius 1 is 1.24 bits per heavy atom. The molecule has 1 aliphatic rings. The fourth-order valence-electron chi connectivity index (χ4n) is 3.14. The third-order valence-corrected chi connectivity index (χ3v) is 4.37. The third kappa shape index (κ3) is 3.82. The molecule has 1 unspecified atom stereocenters. The smallest absolute Gasteiger partial charge is 0.0723 e. The summed E-state index contributed by atoms with van der Waals surface area (Å²) in [4.78, 5) is 2.26. The Balaban J connectivity index is 2.33.